The maximum Gasteiger partial charge on any atom is 0.313 e. The standard InChI is InChI=1S/C15H17N3O4S/c1-22-13-4-2-12(3-5-13)18-7-6-11(17-18)8-16-14(19)9-23-10-15(20)21/h2-7H,8-10H2,1H3,(H,16,19)(H,20,21). The molecule has 7 nitrogen and oxygen atoms in total. The number of carboxylic acids is 1. The molecule has 23 heavy (non-hydrogen) atoms. The number of hydrogen-bond acceptors (Lipinski definition) is 5. The van der Waals surface area contributed by atoms with Gasteiger partial charge in [0.05, 0.1) is 36.5 Å². The van der Waals surface area contributed by atoms with Gasteiger partial charge in [0.15, 0.2) is 0 Å². The Kier molecular flexibility index (Phi) is 6.04. The van der Waals surface area contributed by atoms with Gasteiger partial charge in [-0.25, -0.2) is 4.68 Å². The fraction of sp³-hybridized carbons (Fsp3) is 0.267. The molecule has 2 rings (SSSR count). The number of carbonyl (C=O) groups is 2. The number of rotatable bonds is 8. The molecular weight excluding hydrogens is 318 g/mol. The summed E-state index contributed by atoms with van der Waals surface area (Å²) < 4.78 is 6.81. The second-order valence-electron chi connectivity index (χ2n) is 4.61. The number of ether oxygens (including phenoxy) is 1. The summed E-state index contributed by atoms with van der Waals surface area (Å²) in [6, 6.07) is 9.28. The summed E-state index contributed by atoms with van der Waals surface area (Å²) >= 11 is 1.06. The summed E-state index contributed by atoms with van der Waals surface area (Å²) in [7, 11) is 1.61. The second kappa shape index (κ2) is 8.23. The van der Waals surface area contributed by atoms with Crippen LogP contribution in [0.15, 0.2) is 36.5 Å². The average Bonchev–Trinajstić information content (AvgIpc) is 3.01. The minimum absolute atomic E-state index is 0.0838. The summed E-state index contributed by atoms with van der Waals surface area (Å²) in [6.07, 6.45) is 1.81. The van der Waals surface area contributed by atoms with E-state index in [9.17, 15) is 9.59 Å². The monoisotopic (exact) mass is 335 g/mol. The molecule has 0 aliphatic heterocycles. The minimum atomic E-state index is -0.930. The number of nitrogens with one attached hydrogen (secondary N) is 1. The van der Waals surface area contributed by atoms with Gasteiger partial charge in [0.2, 0.25) is 5.91 Å². The van der Waals surface area contributed by atoms with Crippen molar-refractivity contribution in [1.29, 1.82) is 0 Å². The first-order valence-corrected chi connectivity index (χ1v) is 7.99. The Hall–Kier alpha value is -2.48. The number of aliphatic carboxylic acids is 1. The van der Waals surface area contributed by atoms with Gasteiger partial charge < -0.3 is 15.2 Å². The number of carbonyl (C=O) groups excluding carboxylic acids is 1. The van der Waals surface area contributed by atoms with Gasteiger partial charge >= 0.3 is 5.97 Å². The molecule has 0 saturated heterocycles. The van der Waals surface area contributed by atoms with Gasteiger partial charge in [0.25, 0.3) is 0 Å². The molecule has 0 fully saturated rings. The summed E-state index contributed by atoms with van der Waals surface area (Å²) in [5.41, 5.74) is 1.61. The van der Waals surface area contributed by atoms with Crippen molar-refractivity contribution in [3.8, 4) is 11.4 Å². The van der Waals surface area contributed by atoms with Crippen LogP contribution in [0.1, 0.15) is 5.69 Å². The smallest absolute Gasteiger partial charge is 0.313 e. The van der Waals surface area contributed by atoms with E-state index in [4.69, 9.17) is 9.84 Å². The Morgan fingerprint density at radius 2 is 2.00 bits per heavy atom. The van der Waals surface area contributed by atoms with Crippen molar-refractivity contribution < 1.29 is 19.4 Å². The van der Waals surface area contributed by atoms with Crippen molar-refractivity contribution in [2.75, 3.05) is 18.6 Å². The maximum absolute atomic E-state index is 11.6. The fourth-order valence-electron chi connectivity index (χ4n) is 1.81. The van der Waals surface area contributed by atoms with Crippen LogP contribution in [-0.4, -0.2) is 45.4 Å². The number of aromatic nitrogens is 2. The van der Waals surface area contributed by atoms with Crippen molar-refractivity contribution in [3.05, 3.63) is 42.2 Å². The maximum atomic E-state index is 11.6. The highest BCUT2D eigenvalue weighted by molar-refractivity contribution is 8.00. The molecular formula is C15H17N3O4S. The van der Waals surface area contributed by atoms with Gasteiger partial charge in [0, 0.05) is 6.20 Å². The van der Waals surface area contributed by atoms with E-state index in [0.717, 1.165) is 28.9 Å². The molecule has 0 atom stereocenters. The lowest BCUT2D eigenvalue weighted by Crippen LogP contribution is -2.25. The Morgan fingerprint density at radius 3 is 2.65 bits per heavy atom. The van der Waals surface area contributed by atoms with Crippen LogP contribution in [0.3, 0.4) is 0 Å². The molecule has 2 aromatic rings. The summed E-state index contributed by atoms with van der Waals surface area (Å²) in [4.78, 5) is 21.9. The quantitative estimate of drug-likeness (QED) is 0.756. The second-order valence-corrected chi connectivity index (χ2v) is 5.60. The van der Waals surface area contributed by atoms with E-state index in [1.807, 2.05) is 36.5 Å². The van der Waals surface area contributed by atoms with Gasteiger partial charge in [-0.05, 0) is 30.3 Å². The molecule has 2 N–H and O–H groups in total. The van der Waals surface area contributed by atoms with Crippen molar-refractivity contribution in [3.63, 3.8) is 0 Å². The molecule has 0 saturated carbocycles. The SMILES string of the molecule is COc1ccc(-n2ccc(CNC(=O)CSCC(=O)O)n2)cc1. The van der Waals surface area contributed by atoms with Crippen LogP contribution in [0.2, 0.25) is 0 Å². The van der Waals surface area contributed by atoms with E-state index in [1.54, 1.807) is 11.8 Å². The van der Waals surface area contributed by atoms with Crippen molar-refractivity contribution in [2.45, 2.75) is 6.54 Å². The number of amides is 1. The van der Waals surface area contributed by atoms with Crippen molar-refractivity contribution in [2.24, 2.45) is 0 Å². The lowest BCUT2D eigenvalue weighted by molar-refractivity contribution is -0.133. The highest BCUT2D eigenvalue weighted by atomic mass is 32.2. The predicted molar refractivity (Wildman–Crippen MR) is 86.9 cm³/mol. The first-order chi connectivity index (χ1) is 11.1. The highest BCUT2D eigenvalue weighted by Crippen LogP contribution is 2.14. The summed E-state index contributed by atoms with van der Waals surface area (Å²) in [6.45, 7) is 0.301. The van der Waals surface area contributed by atoms with Crippen LogP contribution in [0.25, 0.3) is 5.69 Å². The molecule has 1 aromatic heterocycles. The predicted octanol–water partition coefficient (Wildman–Crippen LogP) is 1.31. The molecule has 0 spiro atoms. The molecule has 0 aliphatic rings. The molecule has 0 unspecified atom stereocenters. The number of thioether (sulfide) groups is 1. The highest BCUT2D eigenvalue weighted by Gasteiger charge is 2.06. The van der Waals surface area contributed by atoms with Gasteiger partial charge in [0.1, 0.15) is 5.75 Å². The third-order valence-electron chi connectivity index (χ3n) is 2.91. The van der Waals surface area contributed by atoms with Crippen LogP contribution >= 0.6 is 11.8 Å². The van der Waals surface area contributed by atoms with Crippen LogP contribution in [0.4, 0.5) is 0 Å². The number of methoxy groups -OCH3 is 1. The molecule has 122 valence electrons. The molecule has 0 bridgehead atoms. The van der Waals surface area contributed by atoms with E-state index in [1.165, 1.54) is 0 Å². The Labute approximate surface area is 137 Å². The van der Waals surface area contributed by atoms with E-state index in [2.05, 4.69) is 10.4 Å². The normalized spacial score (nSPS) is 10.3. The largest absolute Gasteiger partial charge is 0.497 e. The van der Waals surface area contributed by atoms with Gasteiger partial charge in [-0.3, -0.25) is 9.59 Å². The third-order valence-corrected chi connectivity index (χ3v) is 3.82. The molecule has 1 amide bonds. The van der Waals surface area contributed by atoms with Crippen molar-refractivity contribution in [1.82, 2.24) is 15.1 Å². The zero-order valence-corrected chi connectivity index (χ0v) is 13.4. The van der Waals surface area contributed by atoms with Crippen LogP contribution < -0.4 is 10.1 Å². The van der Waals surface area contributed by atoms with Crippen molar-refractivity contribution >= 4 is 23.6 Å². The average molecular weight is 335 g/mol. The number of nitrogens with zero attached hydrogens (tertiary/aromatic N) is 2. The van der Waals surface area contributed by atoms with Gasteiger partial charge in [-0.15, -0.1) is 11.8 Å². The van der Waals surface area contributed by atoms with Crippen LogP contribution in [-0.2, 0) is 16.1 Å². The Morgan fingerprint density at radius 1 is 1.26 bits per heavy atom. The van der Waals surface area contributed by atoms with E-state index < -0.39 is 5.97 Å². The van der Waals surface area contributed by atoms with Crippen LogP contribution in [0.5, 0.6) is 5.75 Å². The molecule has 0 radical (unpaired) electrons. The molecule has 1 heterocycles. The molecule has 0 aliphatic carbocycles. The third kappa shape index (κ3) is 5.33. The Balaban J connectivity index is 1.84. The zero-order valence-electron chi connectivity index (χ0n) is 12.6. The fourth-order valence-corrected chi connectivity index (χ4v) is 2.37. The molecule has 8 heteroatoms. The summed E-state index contributed by atoms with van der Waals surface area (Å²) in [5, 5.41) is 15.6. The minimum Gasteiger partial charge on any atom is -0.497 e. The number of benzene rings is 1. The first-order valence-electron chi connectivity index (χ1n) is 6.83. The topological polar surface area (TPSA) is 93.5 Å². The van der Waals surface area contributed by atoms with E-state index in [-0.39, 0.29) is 17.4 Å². The zero-order chi connectivity index (χ0) is 16.7. The lowest BCUT2D eigenvalue weighted by Gasteiger charge is -2.04. The number of hydrogen-bond donors (Lipinski definition) is 2. The van der Waals surface area contributed by atoms with E-state index in [0.29, 0.717) is 6.54 Å². The Bertz CT molecular complexity index is 670. The van der Waals surface area contributed by atoms with E-state index >= 15 is 0 Å². The van der Waals surface area contributed by atoms with Gasteiger partial charge in [-0.1, -0.05) is 0 Å². The molecule has 1 aromatic carbocycles. The first kappa shape index (κ1) is 16.9. The number of carboxylic acid groups (broad SMARTS) is 1. The van der Waals surface area contributed by atoms with Crippen LogP contribution in [0, 0.1) is 0 Å². The lowest BCUT2D eigenvalue weighted by atomic mass is 10.3. The van der Waals surface area contributed by atoms with Gasteiger partial charge in [-0.2, -0.15) is 5.10 Å². The summed E-state index contributed by atoms with van der Waals surface area (Å²) in [5.74, 6) is -0.339.